The number of carboxylic acid groups (broad SMARTS) is 1. The van der Waals surface area contributed by atoms with Crippen LogP contribution in [0.4, 0.5) is 8.78 Å². The zero-order valence-electron chi connectivity index (χ0n) is 19.9. The number of unbranched alkanes of at least 4 members (excludes halogenated alkanes) is 1. The van der Waals surface area contributed by atoms with Crippen molar-refractivity contribution in [2.24, 2.45) is 12.5 Å². The molecule has 2 aromatic rings. The molecular weight excluding hydrogens is 444 g/mol. The van der Waals surface area contributed by atoms with Crippen LogP contribution in [0.5, 0.6) is 0 Å². The van der Waals surface area contributed by atoms with E-state index in [9.17, 15) is 18.4 Å². The maximum Gasteiger partial charge on any atom is 0.330 e. The molecule has 1 saturated carbocycles. The lowest BCUT2D eigenvalue weighted by Crippen LogP contribution is -2.43. The third-order valence-corrected chi connectivity index (χ3v) is 5.97. The normalized spacial score (nSPS) is 14.3. The Morgan fingerprint density at radius 1 is 1.32 bits per heavy atom. The van der Waals surface area contributed by atoms with Crippen LogP contribution in [-0.2, 0) is 23.1 Å². The third kappa shape index (κ3) is 5.76. The van der Waals surface area contributed by atoms with Gasteiger partial charge in [-0.3, -0.25) is 19.3 Å². The van der Waals surface area contributed by atoms with Gasteiger partial charge in [0.2, 0.25) is 0 Å². The fraction of sp³-hybridized carbons (Fsp3) is 0.542. The number of carbonyl (C=O) groups excluding carboxylic acids is 1. The Labute approximate surface area is 197 Å². The third-order valence-electron chi connectivity index (χ3n) is 5.97. The maximum atomic E-state index is 14.8. The van der Waals surface area contributed by atoms with E-state index in [0.717, 1.165) is 24.2 Å². The number of carboxylic acids is 1. The molecule has 34 heavy (non-hydrogen) atoms. The molecule has 182 valence electrons. The number of hydrogen-bond donors (Lipinski definition) is 1. The van der Waals surface area contributed by atoms with Gasteiger partial charge in [0, 0.05) is 31.6 Å². The number of aryl methyl sites for hydroxylation is 2. The summed E-state index contributed by atoms with van der Waals surface area (Å²) in [6.45, 7) is 3.93. The zero-order valence-corrected chi connectivity index (χ0v) is 19.9. The molecule has 1 fully saturated rings. The quantitative estimate of drug-likeness (QED) is 0.561. The molecule has 0 saturated heterocycles. The fourth-order valence-corrected chi connectivity index (χ4v) is 3.65. The molecule has 2 heterocycles. The van der Waals surface area contributed by atoms with Crippen LogP contribution in [-0.4, -0.2) is 61.4 Å². The summed E-state index contributed by atoms with van der Waals surface area (Å²) in [5, 5.41) is 16.9. The molecule has 1 aliphatic rings. The van der Waals surface area contributed by atoms with Crippen molar-refractivity contribution < 1.29 is 23.5 Å². The first kappa shape index (κ1) is 25.3. The van der Waals surface area contributed by atoms with Gasteiger partial charge in [-0.1, -0.05) is 30.4 Å². The Morgan fingerprint density at radius 2 is 2.03 bits per heavy atom. The minimum absolute atomic E-state index is 0.00803. The molecule has 0 atom stereocenters. The van der Waals surface area contributed by atoms with Gasteiger partial charge in [-0.2, -0.15) is 8.78 Å². The average molecular weight is 474 g/mol. The summed E-state index contributed by atoms with van der Waals surface area (Å²) >= 11 is 0. The predicted octanol–water partition coefficient (Wildman–Crippen LogP) is 3.23. The van der Waals surface area contributed by atoms with E-state index in [1.54, 1.807) is 19.1 Å². The van der Waals surface area contributed by atoms with Gasteiger partial charge < -0.3 is 10.0 Å². The fourth-order valence-electron chi connectivity index (χ4n) is 3.65. The zero-order chi connectivity index (χ0) is 25.1. The molecular formula is C24H29F2N5O3. The first-order valence-corrected chi connectivity index (χ1v) is 11.2. The first-order valence-electron chi connectivity index (χ1n) is 11.2. The lowest BCUT2D eigenvalue weighted by atomic mass is 10.0. The van der Waals surface area contributed by atoms with Crippen molar-refractivity contribution in [1.29, 1.82) is 0 Å². The second kappa shape index (κ2) is 9.87. The minimum atomic E-state index is -3.62. The molecule has 0 bridgehead atoms. The molecule has 10 heteroatoms. The van der Waals surface area contributed by atoms with Crippen molar-refractivity contribution in [3.8, 4) is 23.2 Å². The molecule has 3 rings (SSSR count). The number of amides is 1. The van der Waals surface area contributed by atoms with Gasteiger partial charge >= 0.3 is 11.9 Å². The van der Waals surface area contributed by atoms with Gasteiger partial charge in [0.1, 0.15) is 5.69 Å². The van der Waals surface area contributed by atoms with Crippen LogP contribution in [0.2, 0.25) is 0 Å². The van der Waals surface area contributed by atoms with E-state index in [2.05, 4.69) is 27.1 Å². The van der Waals surface area contributed by atoms with E-state index in [-0.39, 0.29) is 24.4 Å². The molecule has 8 nitrogen and oxygen atoms in total. The smallest absolute Gasteiger partial charge is 0.330 e. The van der Waals surface area contributed by atoms with E-state index in [1.165, 1.54) is 18.8 Å². The molecule has 1 amide bonds. The highest BCUT2D eigenvalue weighted by Gasteiger charge is 2.44. The number of carbonyl (C=O) groups is 2. The van der Waals surface area contributed by atoms with Gasteiger partial charge in [0.25, 0.3) is 5.91 Å². The number of aliphatic carboxylic acids is 1. The SMILES string of the molecule is CCCCN(C)C(=O)C(F)(F)Cc1c(-c2ccc(C#CC3(CC(=O)O)CC3)c(C)n2)nnn1C. The molecule has 2 aromatic heterocycles. The molecule has 0 aliphatic heterocycles. The Bertz CT molecular complexity index is 1150. The van der Waals surface area contributed by atoms with Crippen LogP contribution in [0.15, 0.2) is 12.1 Å². The Morgan fingerprint density at radius 3 is 2.62 bits per heavy atom. The lowest BCUT2D eigenvalue weighted by molar-refractivity contribution is -0.156. The predicted molar refractivity (Wildman–Crippen MR) is 121 cm³/mol. The van der Waals surface area contributed by atoms with E-state index in [4.69, 9.17) is 5.11 Å². The van der Waals surface area contributed by atoms with Gasteiger partial charge in [-0.15, -0.1) is 5.10 Å². The van der Waals surface area contributed by atoms with E-state index < -0.39 is 29.6 Å². The molecule has 1 N–H and O–H groups in total. The Balaban J connectivity index is 1.83. The highest BCUT2D eigenvalue weighted by atomic mass is 19.3. The maximum absolute atomic E-state index is 14.8. The monoisotopic (exact) mass is 473 g/mol. The van der Waals surface area contributed by atoms with Crippen LogP contribution in [0.3, 0.4) is 0 Å². The Hall–Kier alpha value is -3.35. The number of nitrogens with zero attached hydrogens (tertiary/aromatic N) is 5. The van der Waals surface area contributed by atoms with Crippen molar-refractivity contribution in [1.82, 2.24) is 24.9 Å². The summed E-state index contributed by atoms with van der Waals surface area (Å²) in [7, 11) is 2.87. The molecule has 0 unspecified atom stereocenters. The second-order valence-corrected chi connectivity index (χ2v) is 8.90. The summed E-state index contributed by atoms with van der Waals surface area (Å²) in [5.41, 5.74) is 1.35. The highest BCUT2D eigenvalue weighted by molar-refractivity contribution is 5.83. The average Bonchev–Trinajstić information content (AvgIpc) is 3.44. The number of hydrogen-bond acceptors (Lipinski definition) is 5. The molecule has 0 radical (unpaired) electrons. The van der Waals surface area contributed by atoms with Crippen LogP contribution < -0.4 is 0 Å². The largest absolute Gasteiger partial charge is 0.481 e. The second-order valence-electron chi connectivity index (χ2n) is 8.90. The van der Waals surface area contributed by atoms with Crippen molar-refractivity contribution in [2.75, 3.05) is 13.6 Å². The lowest BCUT2D eigenvalue weighted by Gasteiger charge is -2.23. The van der Waals surface area contributed by atoms with E-state index >= 15 is 0 Å². The van der Waals surface area contributed by atoms with Crippen LogP contribution in [0.25, 0.3) is 11.4 Å². The number of aromatic nitrogens is 4. The van der Waals surface area contributed by atoms with Gasteiger partial charge in [0.15, 0.2) is 0 Å². The molecule has 0 aromatic carbocycles. The minimum Gasteiger partial charge on any atom is -0.481 e. The van der Waals surface area contributed by atoms with Crippen LogP contribution in [0.1, 0.15) is 56.0 Å². The number of rotatable bonds is 9. The summed E-state index contributed by atoms with van der Waals surface area (Å²) in [6.07, 6.45) is 2.10. The summed E-state index contributed by atoms with van der Waals surface area (Å²) < 4.78 is 30.9. The summed E-state index contributed by atoms with van der Waals surface area (Å²) in [4.78, 5) is 28.9. The number of alkyl halides is 2. The molecule has 1 aliphatic carbocycles. The Kier molecular flexibility index (Phi) is 7.34. The number of halogens is 2. The van der Waals surface area contributed by atoms with E-state index in [0.29, 0.717) is 23.4 Å². The summed E-state index contributed by atoms with van der Waals surface area (Å²) in [5.74, 6) is 0.343. The van der Waals surface area contributed by atoms with E-state index in [1.807, 2.05) is 6.92 Å². The van der Waals surface area contributed by atoms with Gasteiger partial charge in [0.05, 0.1) is 29.9 Å². The topological polar surface area (TPSA) is 101 Å². The van der Waals surface area contributed by atoms with Crippen molar-refractivity contribution in [3.05, 3.63) is 29.1 Å². The van der Waals surface area contributed by atoms with Crippen molar-refractivity contribution in [2.45, 2.75) is 58.3 Å². The van der Waals surface area contributed by atoms with Crippen molar-refractivity contribution in [3.63, 3.8) is 0 Å². The standard InChI is InChI=1S/C24H29F2N5O3/c1-5-6-13-30(3)22(34)24(25,26)14-19-21(28-29-31(19)4)18-8-7-17(16(2)27-18)9-10-23(11-12-23)15-20(32)33/h7-8H,5-6,11-15H2,1-4H3,(H,32,33). The van der Waals surface area contributed by atoms with Crippen LogP contribution in [0, 0.1) is 24.2 Å². The van der Waals surface area contributed by atoms with Crippen LogP contribution >= 0.6 is 0 Å². The molecule has 0 spiro atoms. The number of pyridine rings is 1. The highest BCUT2D eigenvalue weighted by Crippen LogP contribution is 2.48. The first-order chi connectivity index (χ1) is 16.0. The van der Waals surface area contributed by atoms with Gasteiger partial charge in [-0.25, -0.2) is 0 Å². The van der Waals surface area contributed by atoms with Gasteiger partial charge in [-0.05, 0) is 38.3 Å². The summed E-state index contributed by atoms with van der Waals surface area (Å²) in [6, 6.07) is 3.33. The van der Waals surface area contributed by atoms with Crippen molar-refractivity contribution >= 4 is 11.9 Å².